The second kappa shape index (κ2) is 15.0. The molecule has 3 fully saturated rings. The maximum Gasteiger partial charge on any atom is 0.408 e. The first-order chi connectivity index (χ1) is 26.3. The van der Waals surface area contributed by atoms with E-state index in [1.165, 1.54) is 4.90 Å². The van der Waals surface area contributed by atoms with Crippen molar-refractivity contribution in [2.45, 2.75) is 82.5 Å². The summed E-state index contributed by atoms with van der Waals surface area (Å²) in [6.07, 6.45) is 6.71. The number of methoxy groups -OCH3 is 1. The van der Waals surface area contributed by atoms with Crippen LogP contribution in [0.5, 0.6) is 5.75 Å². The van der Waals surface area contributed by atoms with Gasteiger partial charge >= 0.3 is 12.1 Å². The first-order valence-corrected chi connectivity index (χ1v) is 19.1. The van der Waals surface area contributed by atoms with Crippen LogP contribution in [0, 0.1) is 17.8 Å². The van der Waals surface area contributed by atoms with Gasteiger partial charge in [0.25, 0.3) is 5.91 Å². The molecule has 0 unspecified atom stereocenters. The molecule has 55 heavy (non-hydrogen) atoms. The smallest absolute Gasteiger partial charge is 0.408 e. The van der Waals surface area contributed by atoms with Crippen molar-refractivity contribution in [3.63, 3.8) is 0 Å². The normalized spacial score (nSPS) is 27.5. The minimum Gasteiger partial charge on any atom is -0.497 e. The van der Waals surface area contributed by atoms with E-state index in [9.17, 15) is 29.1 Å². The van der Waals surface area contributed by atoms with Gasteiger partial charge in [0.2, 0.25) is 11.8 Å². The lowest BCUT2D eigenvalue weighted by Gasteiger charge is -2.33. The van der Waals surface area contributed by atoms with Gasteiger partial charge in [-0.1, -0.05) is 43.2 Å². The molecule has 0 spiro atoms. The van der Waals surface area contributed by atoms with Gasteiger partial charge in [-0.05, 0) is 82.9 Å². The molecule has 1 aromatic heterocycles. The summed E-state index contributed by atoms with van der Waals surface area (Å²) < 4.78 is 10.8. The Morgan fingerprint density at radius 3 is 2.49 bits per heavy atom. The first kappa shape index (κ1) is 37.8. The van der Waals surface area contributed by atoms with Crippen molar-refractivity contribution >= 4 is 40.7 Å². The monoisotopic (exact) mass is 751 g/mol. The Bertz CT molecular complexity index is 2030. The van der Waals surface area contributed by atoms with Crippen molar-refractivity contribution in [2.75, 3.05) is 26.7 Å². The number of rotatable bonds is 5. The van der Waals surface area contributed by atoms with E-state index in [2.05, 4.69) is 10.6 Å². The van der Waals surface area contributed by atoms with E-state index >= 15 is 0 Å². The Kier molecular flexibility index (Phi) is 10.3. The van der Waals surface area contributed by atoms with Gasteiger partial charge in [-0.15, -0.1) is 0 Å². The number of carboxylic acids is 1. The predicted octanol–water partition coefficient (Wildman–Crippen LogP) is 5.18. The summed E-state index contributed by atoms with van der Waals surface area (Å²) >= 11 is 0. The quantitative estimate of drug-likeness (QED) is 0.298. The largest absolute Gasteiger partial charge is 0.497 e. The van der Waals surface area contributed by atoms with Gasteiger partial charge in [0.05, 0.1) is 23.9 Å². The van der Waals surface area contributed by atoms with Crippen molar-refractivity contribution in [3.05, 3.63) is 72.3 Å². The number of aliphatic carboxylic acids is 1. The predicted molar refractivity (Wildman–Crippen MR) is 204 cm³/mol. The molecule has 1 aliphatic carbocycles. The summed E-state index contributed by atoms with van der Waals surface area (Å²) in [7, 11) is 1.60. The molecule has 2 aromatic carbocycles. The molecule has 4 heterocycles. The lowest BCUT2D eigenvalue weighted by atomic mass is 9.93. The Labute approximate surface area is 320 Å². The Balaban J connectivity index is 1.20. The lowest BCUT2D eigenvalue weighted by molar-refractivity contribution is -0.146. The topological polar surface area (TPSA) is 167 Å². The summed E-state index contributed by atoms with van der Waals surface area (Å²) in [6, 6.07) is 14.7. The molecule has 290 valence electrons. The summed E-state index contributed by atoms with van der Waals surface area (Å²) in [5.74, 6) is -2.77. The minimum absolute atomic E-state index is 0.162. The van der Waals surface area contributed by atoms with Crippen LogP contribution >= 0.6 is 0 Å². The fourth-order valence-corrected chi connectivity index (χ4v) is 8.42. The highest BCUT2D eigenvalue weighted by Crippen LogP contribution is 2.46. The molecule has 4 aliphatic rings. The van der Waals surface area contributed by atoms with Crippen molar-refractivity contribution in [1.29, 1.82) is 0 Å². The average molecular weight is 752 g/mol. The third-order valence-electron chi connectivity index (χ3n) is 11.3. The molecular formula is C42H49N5O8. The number of hydrogen-bond donors (Lipinski definition) is 3. The second-order valence-corrected chi connectivity index (χ2v) is 16.2. The average Bonchev–Trinajstić information content (AvgIpc) is 3.50. The molecule has 3 N–H and O–H groups in total. The summed E-state index contributed by atoms with van der Waals surface area (Å²) in [5.41, 5.74) is 0.301. The van der Waals surface area contributed by atoms with E-state index in [4.69, 9.17) is 14.5 Å². The summed E-state index contributed by atoms with van der Waals surface area (Å²) in [6.45, 7) is 5.84. The van der Waals surface area contributed by atoms with Crippen LogP contribution in [-0.4, -0.2) is 99.6 Å². The number of nitrogens with zero attached hydrogens (tertiary/aromatic N) is 3. The van der Waals surface area contributed by atoms with Crippen molar-refractivity contribution < 1.29 is 38.6 Å². The molecular weight excluding hydrogens is 702 g/mol. The Morgan fingerprint density at radius 1 is 1.00 bits per heavy atom. The zero-order valence-electron chi connectivity index (χ0n) is 31.7. The van der Waals surface area contributed by atoms with Crippen LogP contribution in [0.1, 0.15) is 69.7 Å². The van der Waals surface area contributed by atoms with E-state index in [1.54, 1.807) is 38.8 Å². The minimum atomic E-state index is -1.48. The number of alkyl carbamates (subject to hydrolysis) is 1. The van der Waals surface area contributed by atoms with Crippen molar-refractivity contribution in [2.24, 2.45) is 17.8 Å². The van der Waals surface area contributed by atoms with Gasteiger partial charge in [-0.3, -0.25) is 14.4 Å². The number of hydrogen-bond acceptors (Lipinski definition) is 8. The number of aromatic nitrogens is 1. The highest BCUT2D eigenvalue weighted by molar-refractivity contribution is 6.07. The molecule has 1 saturated carbocycles. The number of fused-ring (bicyclic) bond motifs is 5. The number of benzene rings is 2. The maximum atomic E-state index is 14.5. The molecule has 3 aliphatic heterocycles. The zero-order valence-corrected chi connectivity index (χ0v) is 31.7. The summed E-state index contributed by atoms with van der Waals surface area (Å²) in [4.78, 5) is 77.2. The van der Waals surface area contributed by atoms with E-state index in [-0.39, 0.29) is 43.8 Å². The number of carboxylic acid groups (broad SMARTS) is 1. The van der Waals surface area contributed by atoms with Crippen LogP contribution in [0.3, 0.4) is 0 Å². The third kappa shape index (κ3) is 7.74. The number of carbonyl (C=O) groups is 5. The van der Waals surface area contributed by atoms with Crippen molar-refractivity contribution in [3.8, 4) is 17.0 Å². The fourth-order valence-electron chi connectivity index (χ4n) is 8.42. The van der Waals surface area contributed by atoms with Gasteiger partial charge in [0.1, 0.15) is 29.0 Å². The van der Waals surface area contributed by atoms with Gasteiger partial charge in [0.15, 0.2) is 0 Å². The molecule has 0 radical (unpaired) electrons. The third-order valence-corrected chi connectivity index (χ3v) is 11.3. The number of nitrogens with one attached hydrogen (secondary N) is 2. The summed E-state index contributed by atoms with van der Waals surface area (Å²) in [5, 5.41) is 16.6. The molecule has 0 bridgehead atoms. The van der Waals surface area contributed by atoms with Crippen LogP contribution in [0.4, 0.5) is 4.79 Å². The number of carbonyl (C=O) groups excluding carboxylic acids is 4. The van der Waals surface area contributed by atoms with Gasteiger partial charge < -0.3 is 35.0 Å². The number of ether oxygens (including phenoxy) is 2. The van der Waals surface area contributed by atoms with Gasteiger partial charge in [-0.25, -0.2) is 14.6 Å². The lowest BCUT2D eigenvalue weighted by Crippen LogP contribution is -2.58. The number of pyridine rings is 1. The van der Waals surface area contributed by atoms with Crippen LogP contribution in [-0.2, 0) is 19.1 Å². The van der Waals surface area contributed by atoms with E-state index in [0.29, 0.717) is 40.8 Å². The highest BCUT2D eigenvalue weighted by Gasteiger charge is 2.62. The second-order valence-electron chi connectivity index (χ2n) is 16.2. The zero-order chi connectivity index (χ0) is 39.1. The van der Waals surface area contributed by atoms with E-state index in [1.807, 2.05) is 60.7 Å². The molecule has 13 heteroatoms. The number of para-hydroxylation sites is 1. The van der Waals surface area contributed by atoms with Gasteiger partial charge in [0, 0.05) is 48.3 Å². The molecule has 13 nitrogen and oxygen atoms in total. The van der Waals surface area contributed by atoms with Crippen molar-refractivity contribution in [1.82, 2.24) is 25.4 Å². The molecule has 2 saturated heterocycles. The van der Waals surface area contributed by atoms with Crippen LogP contribution in [0.15, 0.2) is 66.7 Å². The first-order valence-electron chi connectivity index (χ1n) is 19.1. The van der Waals surface area contributed by atoms with Crippen LogP contribution in [0.2, 0.25) is 0 Å². The Hall–Kier alpha value is -5.46. The SMILES string of the molecule is COc1ccc(-c2cc(C(=O)N3C[C@H]4CN5C(=O)[C@@H](NC(=O)OC(C)(C)C)CCCCC/C=C\[C@@H]6C[C@@]6(C(=O)O)NC(=O)[C@@H]5[C@H]4C3)c3ccccc3n2)cc1. The van der Waals surface area contributed by atoms with Crippen LogP contribution < -0.4 is 15.4 Å². The number of allylic oxidation sites excluding steroid dienone is 1. The van der Waals surface area contributed by atoms with Crippen LogP contribution in [0.25, 0.3) is 22.2 Å². The molecule has 3 aromatic rings. The Morgan fingerprint density at radius 2 is 1.76 bits per heavy atom. The van der Waals surface area contributed by atoms with E-state index < -0.39 is 53.0 Å². The number of likely N-dealkylation sites (tertiary alicyclic amines) is 1. The van der Waals surface area contributed by atoms with E-state index in [0.717, 1.165) is 24.8 Å². The number of amides is 4. The standard InChI is InChI=1S/C42H49N5O8/c1-41(2,3)55-40(53)44-33-15-9-7-5-6-8-12-27-21-42(27,39(51)52)45-36(48)35-31-24-46(22-26(31)23-47(35)38(33)50)37(49)30-20-34(25-16-18-28(54-4)19-17-25)43-32-14-11-10-13-29(30)32/h8,10-14,16-20,26-27,31,33,35H,5-7,9,15,21-24H2,1-4H3,(H,44,53)(H,45,48)(H,51,52)/b12-8-/t26-,27+,31-,33-,35-,42+/m0/s1. The molecule has 4 amide bonds. The highest BCUT2D eigenvalue weighted by atomic mass is 16.6. The van der Waals surface area contributed by atoms with Gasteiger partial charge in [-0.2, -0.15) is 0 Å². The molecule has 6 atom stereocenters. The maximum absolute atomic E-state index is 14.5. The molecule has 7 rings (SSSR count). The fraction of sp³-hybridized carbons (Fsp3) is 0.476.